The van der Waals surface area contributed by atoms with Crippen LogP contribution in [0.15, 0.2) is 59.5 Å². The molecule has 0 radical (unpaired) electrons. The molecule has 0 spiro atoms. The number of benzene rings is 2. The van der Waals surface area contributed by atoms with E-state index in [2.05, 4.69) is 15.3 Å². The molecule has 3 aromatic heterocycles. The summed E-state index contributed by atoms with van der Waals surface area (Å²) < 4.78 is 14.5. The third-order valence-electron chi connectivity index (χ3n) is 5.70. The van der Waals surface area contributed by atoms with Gasteiger partial charge in [-0.05, 0) is 48.4 Å². The summed E-state index contributed by atoms with van der Waals surface area (Å²) in [5.74, 6) is 1.41. The van der Waals surface area contributed by atoms with Crippen molar-refractivity contribution in [1.82, 2.24) is 24.4 Å². The van der Waals surface area contributed by atoms with Crippen molar-refractivity contribution in [1.29, 1.82) is 0 Å². The minimum absolute atomic E-state index is 0.241. The van der Waals surface area contributed by atoms with Crippen molar-refractivity contribution >= 4 is 28.3 Å². The van der Waals surface area contributed by atoms with Gasteiger partial charge in [0.2, 0.25) is 0 Å². The molecule has 0 amide bonds. The lowest BCUT2D eigenvalue weighted by Gasteiger charge is -2.19. The van der Waals surface area contributed by atoms with Crippen LogP contribution in [0.5, 0.6) is 11.5 Å². The zero-order valence-electron chi connectivity index (χ0n) is 17.7. The highest BCUT2D eigenvalue weighted by Crippen LogP contribution is 2.31. The van der Waals surface area contributed by atoms with Gasteiger partial charge in [-0.25, -0.2) is 4.52 Å². The molecular weight excluding hydrogens is 442 g/mol. The van der Waals surface area contributed by atoms with Crippen LogP contribution >= 0.6 is 11.6 Å². The van der Waals surface area contributed by atoms with E-state index in [9.17, 15) is 4.79 Å². The van der Waals surface area contributed by atoms with Crippen molar-refractivity contribution in [2.24, 2.45) is 0 Å². The Hall–Kier alpha value is -3.91. The molecule has 0 saturated heterocycles. The highest BCUT2D eigenvalue weighted by Gasteiger charge is 2.18. The van der Waals surface area contributed by atoms with Crippen LogP contribution in [-0.4, -0.2) is 37.6 Å². The Morgan fingerprint density at radius 3 is 2.73 bits per heavy atom. The van der Waals surface area contributed by atoms with E-state index in [1.807, 2.05) is 55.5 Å². The fraction of sp³-hybridized carbons (Fsp3) is 0.167. The molecule has 2 aromatic carbocycles. The summed E-state index contributed by atoms with van der Waals surface area (Å²) in [7, 11) is 0. The van der Waals surface area contributed by atoms with Gasteiger partial charge in [-0.3, -0.25) is 4.79 Å². The molecule has 0 atom stereocenters. The summed E-state index contributed by atoms with van der Waals surface area (Å²) in [5.41, 5.74) is 4.62. The van der Waals surface area contributed by atoms with Crippen molar-refractivity contribution in [3.63, 3.8) is 0 Å². The quantitative estimate of drug-likeness (QED) is 0.407. The summed E-state index contributed by atoms with van der Waals surface area (Å²) in [6.45, 7) is 3.32. The summed E-state index contributed by atoms with van der Waals surface area (Å²) in [5, 5.41) is 13.9. The van der Waals surface area contributed by atoms with Crippen LogP contribution < -0.4 is 15.0 Å². The predicted octanol–water partition coefficient (Wildman–Crippen LogP) is 3.89. The van der Waals surface area contributed by atoms with Crippen LogP contribution in [0.1, 0.15) is 11.3 Å². The Kier molecular flexibility index (Phi) is 4.55. The Bertz CT molecular complexity index is 1610. The first-order valence-corrected chi connectivity index (χ1v) is 10.9. The molecule has 5 aromatic rings. The fourth-order valence-corrected chi connectivity index (χ4v) is 4.37. The normalized spacial score (nSPS) is 13.0. The topological polar surface area (TPSA) is 83.5 Å². The Balaban J connectivity index is 1.44. The van der Waals surface area contributed by atoms with Gasteiger partial charge in [0.15, 0.2) is 22.7 Å². The van der Waals surface area contributed by atoms with Gasteiger partial charge in [0.25, 0.3) is 5.56 Å². The lowest BCUT2D eigenvalue weighted by molar-refractivity contribution is 0.171. The first-order valence-electron chi connectivity index (χ1n) is 10.5. The van der Waals surface area contributed by atoms with E-state index < -0.39 is 0 Å². The van der Waals surface area contributed by atoms with E-state index in [0.717, 1.165) is 22.4 Å². The van der Waals surface area contributed by atoms with Crippen LogP contribution in [0.4, 0.5) is 0 Å². The molecule has 6 rings (SSSR count). The first kappa shape index (κ1) is 19.8. The second kappa shape index (κ2) is 7.60. The number of ether oxygens (including phenoxy) is 2. The van der Waals surface area contributed by atoms with Gasteiger partial charge in [0.1, 0.15) is 18.7 Å². The summed E-state index contributed by atoms with van der Waals surface area (Å²) in [6, 6.07) is 15.0. The second-order valence-corrected chi connectivity index (χ2v) is 8.30. The molecule has 0 unspecified atom stereocenters. The van der Waals surface area contributed by atoms with Crippen LogP contribution in [0.3, 0.4) is 0 Å². The number of aryl methyl sites for hydroxylation is 1. The van der Waals surface area contributed by atoms with Crippen molar-refractivity contribution in [3.8, 4) is 22.6 Å². The number of aromatic nitrogens is 5. The number of fused-ring (bicyclic) bond motifs is 4. The van der Waals surface area contributed by atoms with E-state index in [1.165, 1.54) is 0 Å². The minimum atomic E-state index is -0.241. The third-order valence-corrected chi connectivity index (χ3v) is 5.94. The summed E-state index contributed by atoms with van der Waals surface area (Å²) >= 11 is 6.18. The van der Waals surface area contributed by atoms with Crippen LogP contribution in [-0.2, 0) is 6.54 Å². The number of pyridine rings is 1. The molecule has 1 aliphatic heterocycles. The van der Waals surface area contributed by atoms with Crippen molar-refractivity contribution in [2.75, 3.05) is 13.2 Å². The second-order valence-electron chi connectivity index (χ2n) is 7.87. The molecule has 0 saturated carbocycles. The van der Waals surface area contributed by atoms with Crippen LogP contribution in [0.25, 0.3) is 27.8 Å². The average molecular weight is 460 g/mol. The lowest BCUT2D eigenvalue weighted by Crippen LogP contribution is -2.22. The average Bonchev–Trinajstić information content (AvgIpc) is 3.17. The van der Waals surface area contributed by atoms with Gasteiger partial charge in [-0.1, -0.05) is 29.8 Å². The van der Waals surface area contributed by atoms with Gasteiger partial charge in [-0.2, -0.15) is 5.10 Å². The monoisotopic (exact) mass is 459 g/mol. The highest BCUT2D eigenvalue weighted by molar-refractivity contribution is 6.30. The third kappa shape index (κ3) is 3.30. The fourth-order valence-electron chi connectivity index (χ4n) is 4.18. The lowest BCUT2D eigenvalue weighted by atomic mass is 10.1. The molecule has 0 N–H and O–H groups in total. The molecule has 9 heteroatoms. The van der Waals surface area contributed by atoms with E-state index >= 15 is 0 Å². The van der Waals surface area contributed by atoms with E-state index in [0.29, 0.717) is 47.4 Å². The first-order chi connectivity index (χ1) is 16.1. The highest BCUT2D eigenvalue weighted by atomic mass is 35.5. The Labute approximate surface area is 193 Å². The van der Waals surface area contributed by atoms with Crippen LogP contribution in [0, 0.1) is 6.92 Å². The smallest absolute Gasteiger partial charge is 0.280 e. The maximum Gasteiger partial charge on any atom is 0.280 e. The predicted molar refractivity (Wildman–Crippen MR) is 124 cm³/mol. The standard InChI is InChI=1S/C24H18ClN5O3/c1-14-21(16-3-2-4-17(25)12-16)23-27-26-22-18(30(23)28-14)7-8-29(24(22)31)13-15-5-6-19-20(11-15)33-10-9-32-19/h2-8,11-12H,9-10,13H2,1H3. The summed E-state index contributed by atoms with van der Waals surface area (Å²) in [6.07, 6.45) is 1.75. The number of hydrogen-bond acceptors (Lipinski definition) is 6. The van der Waals surface area contributed by atoms with Crippen molar-refractivity contribution in [2.45, 2.75) is 13.5 Å². The molecule has 164 valence electrons. The molecule has 0 bridgehead atoms. The SMILES string of the molecule is Cc1nn2c(nnc3c(=O)n(Cc4ccc5c(c4)OCCO5)ccc32)c1-c1cccc(Cl)c1. The maximum atomic E-state index is 13.2. The van der Waals surface area contributed by atoms with Gasteiger partial charge < -0.3 is 14.0 Å². The largest absolute Gasteiger partial charge is 0.486 e. The number of rotatable bonds is 3. The number of hydrogen-bond donors (Lipinski definition) is 0. The van der Waals surface area contributed by atoms with Gasteiger partial charge in [-0.15, -0.1) is 10.2 Å². The zero-order valence-corrected chi connectivity index (χ0v) is 18.4. The van der Waals surface area contributed by atoms with E-state index in [4.69, 9.17) is 21.1 Å². The molecule has 0 fully saturated rings. The van der Waals surface area contributed by atoms with Gasteiger partial charge >= 0.3 is 0 Å². The zero-order chi connectivity index (χ0) is 22.5. The van der Waals surface area contributed by atoms with Gasteiger partial charge in [0.05, 0.1) is 17.8 Å². The number of halogens is 1. The maximum absolute atomic E-state index is 13.2. The minimum Gasteiger partial charge on any atom is -0.486 e. The molecule has 8 nitrogen and oxygen atoms in total. The summed E-state index contributed by atoms with van der Waals surface area (Å²) in [4.78, 5) is 13.2. The number of nitrogens with zero attached hydrogens (tertiary/aromatic N) is 5. The molecule has 1 aliphatic rings. The van der Waals surface area contributed by atoms with E-state index in [1.54, 1.807) is 15.3 Å². The van der Waals surface area contributed by atoms with E-state index in [-0.39, 0.29) is 11.1 Å². The Morgan fingerprint density at radius 2 is 1.88 bits per heavy atom. The molecular formula is C24H18ClN5O3. The Morgan fingerprint density at radius 1 is 1.03 bits per heavy atom. The molecule has 33 heavy (non-hydrogen) atoms. The van der Waals surface area contributed by atoms with Crippen molar-refractivity contribution in [3.05, 3.63) is 81.4 Å². The molecule has 0 aliphatic carbocycles. The molecule has 4 heterocycles. The van der Waals surface area contributed by atoms with Crippen molar-refractivity contribution < 1.29 is 9.47 Å². The van der Waals surface area contributed by atoms with Gasteiger partial charge in [0, 0.05) is 11.2 Å². The van der Waals surface area contributed by atoms with Crippen LogP contribution in [0.2, 0.25) is 5.02 Å².